The van der Waals surface area contributed by atoms with E-state index in [1.54, 1.807) is 0 Å². The summed E-state index contributed by atoms with van der Waals surface area (Å²) in [6.07, 6.45) is 0. The summed E-state index contributed by atoms with van der Waals surface area (Å²) >= 11 is 0. The van der Waals surface area contributed by atoms with Gasteiger partial charge in [0.05, 0.1) is 5.60 Å². The van der Waals surface area contributed by atoms with Gasteiger partial charge in [0, 0.05) is 31.9 Å². The topological polar surface area (TPSA) is 35.5 Å². The quantitative estimate of drug-likeness (QED) is 0.745. The van der Waals surface area contributed by atoms with Crippen molar-refractivity contribution < 1.29 is 5.11 Å². The molecule has 0 spiro atoms. The van der Waals surface area contributed by atoms with Crippen molar-refractivity contribution >= 4 is 5.69 Å². The molecule has 0 aromatic heterocycles. The second-order valence-corrected chi connectivity index (χ2v) is 4.93. The van der Waals surface area contributed by atoms with Crippen LogP contribution in [0.1, 0.15) is 12.5 Å². The zero-order valence-corrected chi connectivity index (χ0v) is 10.0. The van der Waals surface area contributed by atoms with Gasteiger partial charge in [0.25, 0.3) is 0 Å². The predicted octanol–water partition coefficient (Wildman–Crippen LogP) is 1.16. The molecule has 0 saturated carbocycles. The number of aryl methyl sites for hydroxylation is 1. The summed E-state index contributed by atoms with van der Waals surface area (Å²) in [6, 6.07) is 8.47. The molecule has 2 rings (SSSR count). The van der Waals surface area contributed by atoms with Crippen LogP contribution in [0.5, 0.6) is 0 Å². The van der Waals surface area contributed by atoms with Crippen molar-refractivity contribution in [1.82, 2.24) is 5.32 Å². The minimum Gasteiger partial charge on any atom is -0.387 e. The van der Waals surface area contributed by atoms with E-state index in [0.717, 1.165) is 13.1 Å². The lowest BCUT2D eigenvalue weighted by atomic mass is 10.1. The van der Waals surface area contributed by atoms with Gasteiger partial charge in [-0.15, -0.1) is 0 Å². The first-order valence-electron chi connectivity index (χ1n) is 5.82. The van der Waals surface area contributed by atoms with Crippen LogP contribution in [-0.4, -0.2) is 36.9 Å². The summed E-state index contributed by atoms with van der Waals surface area (Å²) < 4.78 is 0. The molecule has 1 saturated heterocycles. The summed E-state index contributed by atoms with van der Waals surface area (Å²) in [5.41, 5.74) is 1.81. The van der Waals surface area contributed by atoms with Gasteiger partial charge < -0.3 is 15.3 Å². The third-order valence-corrected chi connectivity index (χ3v) is 2.99. The van der Waals surface area contributed by atoms with Crippen LogP contribution >= 0.6 is 0 Å². The molecule has 3 nitrogen and oxygen atoms in total. The van der Waals surface area contributed by atoms with Crippen LogP contribution in [0.15, 0.2) is 24.3 Å². The van der Waals surface area contributed by atoms with E-state index < -0.39 is 5.60 Å². The summed E-state index contributed by atoms with van der Waals surface area (Å²) in [5, 5.41) is 13.4. The Morgan fingerprint density at radius 3 is 2.69 bits per heavy atom. The Kier molecular flexibility index (Phi) is 3.17. The molecule has 0 radical (unpaired) electrons. The van der Waals surface area contributed by atoms with Crippen molar-refractivity contribution in [1.29, 1.82) is 0 Å². The molecule has 0 amide bonds. The SMILES string of the molecule is Cc1ccc(N2CCNCC(C)(O)C2)cc1. The molecule has 1 fully saturated rings. The van der Waals surface area contributed by atoms with E-state index in [4.69, 9.17) is 0 Å². The fraction of sp³-hybridized carbons (Fsp3) is 0.538. The van der Waals surface area contributed by atoms with Gasteiger partial charge in [-0.25, -0.2) is 0 Å². The summed E-state index contributed by atoms with van der Waals surface area (Å²) in [5.74, 6) is 0. The Hall–Kier alpha value is -1.06. The van der Waals surface area contributed by atoms with Crippen molar-refractivity contribution in [3.05, 3.63) is 29.8 Å². The first-order valence-corrected chi connectivity index (χ1v) is 5.82. The molecular weight excluding hydrogens is 200 g/mol. The number of hydrogen-bond acceptors (Lipinski definition) is 3. The molecule has 88 valence electrons. The van der Waals surface area contributed by atoms with E-state index >= 15 is 0 Å². The Bertz CT molecular complexity index is 345. The van der Waals surface area contributed by atoms with Crippen molar-refractivity contribution in [2.45, 2.75) is 19.4 Å². The molecule has 0 bridgehead atoms. The van der Waals surface area contributed by atoms with Gasteiger partial charge in [0.1, 0.15) is 0 Å². The highest BCUT2D eigenvalue weighted by Gasteiger charge is 2.26. The fourth-order valence-corrected chi connectivity index (χ4v) is 2.09. The van der Waals surface area contributed by atoms with Gasteiger partial charge >= 0.3 is 0 Å². The molecule has 3 heteroatoms. The molecule has 1 unspecified atom stereocenters. The minimum atomic E-state index is -0.651. The average molecular weight is 220 g/mol. The number of aliphatic hydroxyl groups is 1. The summed E-state index contributed by atoms with van der Waals surface area (Å²) in [4.78, 5) is 2.24. The Balaban J connectivity index is 2.16. The Morgan fingerprint density at radius 2 is 2.00 bits per heavy atom. The van der Waals surface area contributed by atoms with E-state index in [1.165, 1.54) is 11.3 Å². The number of hydrogen-bond donors (Lipinski definition) is 2. The fourth-order valence-electron chi connectivity index (χ4n) is 2.09. The molecule has 1 aliphatic heterocycles. The Morgan fingerprint density at radius 1 is 1.31 bits per heavy atom. The zero-order valence-electron chi connectivity index (χ0n) is 10.0. The third-order valence-electron chi connectivity index (χ3n) is 2.99. The lowest BCUT2D eigenvalue weighted by Crippen LogP contribution is -2.43. The number of rotatable bonds is 1. The van der Waals surface area contributed by atoms with Crippen LogP contribution in [-0.2, 0) is 0 Å². The first-order chi connectivity index (χ1) is 7.57. The number of anilines is 1. The van der Waals surface area contributed by atoms with Crippen LogP contribution < -0.4 is 10.2 Å². The number of nitrogens with zero attached hydrogens (tertiary/aromatic N) is 1. The third kappa shape index (κ3) is 2.74. The largest absolute Gasteiger partial charge is 0.387 e. The zero-order chi connectivity index (χ0) is 11.6. The molecule has 0 aliphatic carbocycles. The maximum Gasteiger partial charge on any atom is 0.0917 e. The van der Waals surface area contributed by atoms with Crippen LogP contribution in [0.4, 0.5) is 5.69 Å². The van der Waals surface area contributed by atoms with Crippen LogP contribution in [0.25, 0.3) is 0 Å². The van der Waals surface area contributed by atoms with Crippen molar-refractivity contribution in [2.24, 2.45) is 0 Å². The lowest BCUT2D eigenvalue weighted by Gasteiger charge is -2.29. The highest BCUT2D eigenvalue weighted by molar-refractivity contribution is 5.48. The van der Waals surface area contributed by atoms with Crippen molar-refractivity contribution in [3.8, 4) is 0 Å². The van der Waals surface area contributed by atoms with Crippen LogP contribution in [0.3, 0.4) is 0 Å². The second kappa shape index (κ2) is 4.44. The maximum atomic E-state index is 10.1. The molecule has 1 atom stereocenters. The number of benzene rings is 1. The second-order valence-electron chi connectivity index (χ2n) is 4.93. The van der Waals surface area contributed by atoms with E-state index in [0.29, 0.717) is 13.1 Å². The molecule has 16 heavy (non-hydrogen) atoms. The monoisotopic (exact) mass is 220 g/mol. The first kappa shape index (κ1) is 11.4. The van der Waals surface area contributed by atoms with Gasteiger partial charge in [0.15, 0.2) is 0 Å². The standard InChI is InChI=1S/C13H20N2O/c1-11-3-5-12(6-4-11)15-8-7-14-9-13(2,16)10-15/h3-6,14,16H,7-10H2,1-2H3. The normalized spacial score (nSPS) is 26.6. The van der Waals surface area contributed by atoms with E-state index in [9.17, 15) is 5.11 Å². The van der Waals surface area contributed by atoms with Crippen LogP contribution in [0.2, 0.25) is 0 Å². The molecule has 1 aliphatic rings. The maximum absolute atomic E-state index is 10.1. The van der Waals surface area contributed by atoms with Gasteiger partial charge in [-0.05, 0) is 26.0 Å². The minimum absolute atomic E-state index is 0.651. The van der Waals surface area contributed by atoms with Crippen molar-refractivity contribution in [2.75, 3.05) is 31.1 Å². The molecule has 1 aromatic rings. The highest BCUT2D eigenvalue weighted by Crippen LogP contribution is 2.18. The van der Waals surface area contributed by atoms with Gasteiger partial charge in [-0.3, -0.25) is 0 Å². The molecule has 2 N–H and O–H groups in total. The smallest absolute Gasteiger partial charge is 0.0917 e. The van der Waals surface area contributed by atoms with Crippen molar-refractivity contribution in [3.63, 3.8) is 0 Å². The average Bonchev–Trinajstić information content (AvgIpc) is 2.40. The van der Waals surface area contributed by atoms with Gasteiger partial charge in [0.2, 0.25) is 0 Å². The van der Waals surface area contributed by atoms with E-state index in [1.807, 2.05) is 6.92 Å². The van der Waals surface area contributed by atoms with Gasteiger partial charge in [-0.2, -0.15) is 0 Å². The summed E-state index contributed by atoms with van der Waals surface area (Å²) in [6.45, 7) is 7.18. The Labute approximate surface area is 97.1 Å². The number of β-amino-alcohol motifs (C(OH)–C–C–N with tert-alkyl or cyclic N) is 1. The van der Waals surface area contributed by atoms with E-state index in [2.05, 4.69) is 41.4 Å². The van der Waals surface area contributed by atoms with Crippen LogP contribution in [0, 0.1) is 6.92 Å². The van der Waals surface area contributed by atoms with Gasteiger partial charge in [-0.1, -0.05) is 17.7 Å². The molecule has 1 heterocycles. The molecule has 1 aromatic carbocycles. The highest BCUT2D eigenvalue weighted by atomic mass is 16.3. The van der Waals surface area contributed by atoms with E-state index in [-0.39, 0.29) is 0 Å². The molecular formula is C13H20N2O. The lowest BCUT2D eigenvalue weighted by molar-refractivity contribution is 0.0729. The number of nitrogens with one attached hydrogen (secondary N) is 1. The summed E-state index contributed by atoms with van der Waals surface area (Å²) in [7, 11) is 0. The predicted molar refractivity (Wildman–Crippen MR) is 66.9 cm³/mol.